The molecule has 0 amide bonds. The number of aliphatic hydroxyl groups excluding tert-OH is 3. The van der Waals surface area contributed by atoms with Crippen molar-refractivity contribution >= 4 is 22.1 Å². The largest absolute Gasteiger partial charge is 0.462 e. The predicted octanol–water partition coefficient (Wildman–Crippen LogP) is 12.3. The van der Waals surface area contributed by atoms with Crippen LogP contribution in [-0.4, -0.2) is 96.0 Å². The monoisotopic (exact) mass is 969 g/mol. The van der Waals surface area contributed by atoms with Crippen molar-refractivity contribution in [2.45, 2.75) is 263 Å². The molecule has 1 fully saturated rings. The zero-order chi connectivity index (χ0) is 49.1. The molecule has 0 radical (unpaired) electrons. The summed E-state index contributed by atoms with van der Waals surface area (Å²) in [5.41, 5.74) is 0. The van der Waals surface area contributed by atoms with Crippen LogP contribution in [0.5, 0.6) is 0 Å². The second-order valence-electron chi connectivity index (χ2n) is 18.5. The third kappa shape index (κ3) is 38.1. The van der Waals surface area contributed by atoms with Gasteiger partial charge in [-0.15, -0.1) is 0 Å². The Bertz CT molecular complexity index is 1410. The van der Waals surface area contributed by atoms with Gasteiger partial charge in [0.05, 0.1) is 6.61 Å². The Morgan fingerprint density at radius 3 is 1.36 bits per heavy atom. The lowest BCUT2D eigenvalue weighted by atomic mass is 10.00. The smallest absolute Gasteiger partial charge is 0.306 e. The number of ether oxygens (including phenoxy) is 4. The molecule has 1 rings (SSSR count). The second-order valence-corrected chi connectivity index (χ2v) is 20.0. The standard InChI is InChI=1S/C54H96O12S/c1-3-5-7-9-11-13-15-17-19-21-23-25-27-29-31-33-35-37-39-41-43-50(56)65-47(45-64-54-53(59)52(58)51(57)48(66-54)46-67(60,61)62)44-63-49(55)42-40-38-36-34-32-30-28-26-24-22-20-18-16-14-12-10-8-6-4-2/h12,14,18,20,24,26,30,32,47-48,51-54,57-59H,3-11,13,15-17,19,21-23,25,27-29,31,33-46H2,1-2H3,(H,60,61,62)/b14-12+,20-18+,26-24+,32-30+/t47-,48-,51-,52?,53?,54+/m1/s1. The number of unbranched alkanes of at least 4 members (excludes halogenated alkanes) is 25. The Labute approximate surface area is 407 Å². The number of rotatable bonds is 45. The fraction of sp³-hybridized carbons (Fsp3) is 0.815. The van der Waals surface area contributed by atoms with Crippen molar-refractivity contribution < 1.29 is 56.8 Å². The van der Waals surface area contributed by atoms with Crippen LogP contribution in [0.3, 0.4) is 0 Å². The van der Waals surface area contributed by atoms with E-state index < -0.39 is 71.2 Å². The van der Waals surface area contributed by atoms with Gasteiger partial charge in [0.1, 0.15) is 36.8 Å². The third-order valence-corrected chi connectivity index (χ3v) is 12.9. The molecule has 6 atom stereocenters. The molecule has 0 saturated carbocycles. The zero-order valence-corrected chi connectivity index (χ0v) is 42.8. The molecule has 1 aliphatic heterocycles. The second kappa shape index (κ2) is 43.6. The highest BCUT2D eigenvalue weighted by Crippen LogP contribution is 2.24. The maximum Gasteiger partial charge on any atom is 0.306 e. The van der Waals surface area contributed by atoms with Crippen LogP contribution in [0.15, 0.2) is 48.6 Å². The molecule has 0 aliphatic carbocycles. The third-order valence-electron chi connectivity index (χ3n) is 12.2. The van der Waals surface area contributed by atoms with Gasteiger partial charge >= 0.3 is 11.9 Å². The van der Waals surface area contributed by atoms with E-state index in [0.717, 1.165) is 57.8 Å². The van der Waals surface area contributed by atoms with E-state index in [-0.39, 0.29) is 19.4 Å². The van der Waals surface area contributed by atoms with Crippen LogP contribution in [0.4, 0.5) is 0 Å². The van der Waals surface area contributed by atoms with Crippen LogP contribution in [0.1, 0.15) is 226 Å². The van der Waals surface area contributed by atoms with E-state index >= 15 is 0 Å². The summed E-state index contributed by atoms with van der Waals surface area (Å²) in [4.78, 5) is 25.5. The van der Waals surface area contributed by atoms with Crippen molar-refractivity contribution in [1.82, 2.24) is 0 Å². The van der Waals surface area contributed by atoms with E-state index in [2.05, 4.69) is 62.5 Å². The Morgan fingerprint density at radius 1 is 0.507 bits per heavy atom. The number of hydrogen-bond donors (Lipinski definition) is 4. The summed E-state index contributed by atoms with van der Waals surface area (Å²) in [6, 6.07) is 0. The zero-order valence-electron chi connectivity index (χ0n) is 42.0. The lowest BCUT2D eigenvalue weighted by molar-refractivity contribution is -0.297. The van der Waals surface area contributed by atoms with Gasteiger partial charge in [-0.3, -0.25) is 14.1 Å². The van der Waals surface area contributed by atoms with E-state index in [1.165, 1.54) is 128 Å². The maximum atomic E-state index is 12.9. The summed E-state index contributed by atoms with van der Waals surface area (Å²) in [6.07, 6.45) is 44.3. The summed E-state index contributed by atoms with van der Waals surface area (Å²) in [5, 5.41) is 31.0. The molecule has 0 aromatic rings. The van der Waals surface area contributed by atoms with Gasteiger partial charge in [-0.05, 0) is 57.8 Å². The Hall–Kier alpha value is -2.39. The quantitative estimate of drug-likeness (QED) is 0.0196. The predicted molar refractivity (Wildman–Crippen MR) is 270 cm³/mol. The first kappa shape index (κ1) is 62.6. The van der Waals surface area contributed by atoms with E-state index in [9.17, 15) is 37.9 Å². The minimum Gasteiger partial charge on any atom is -0.462 e. The Balaban J connectivity index is 2.38. The minimum atomic E-state index is -4.61. The molecule has 12 nitrogen and oxygen atoms in total. The van der Waals surface area contributed by atoms with Crippen LogP contribution in [0.25, 0.3) is 0 Å². The minimum absolute atomic E-state index is 0.159. The molecular formula is C54H96O12S. The molecule has 0 spiro atoms. The molecule has 1 heterocycles. The summed E-state index contributed by atoms with van der Waals surface area (Å²) < 4.78 is 54.3. The SMILES string of the molecule is CCCCC/C=C/C/C=C/C/C=C/C/C=C/CCCCCC(=O)OC[C@H](CO[C@H]1O[C@H](CS(=O)(=O)O)[C@@H](O)C(O)C1O)OC(=O)CCCCCCCCCCCCCCCCCCCCCC. The van der Waals surface area contributed by atoms with Gasteiger partial charge in [-0.25, -0.2) is 0 Å². The van der Waals surface area contributed by atoms with Gasteiger partial charge in [0.15, 0.2) is 12.4 Å². The summed E-state index contributed by atoms with van der Waals surface area (Å²) in [6.45, 7) is 3.74. The topological polar surface area (TPSA) is 186 Å². The summed E-state index contributed by atoms with van der Waals surface area (Å²) in [5.74, 6) is -2.01. The van der Waals surface area contributed by atoms with E-state index in [1.807, 2.05) is 0 Å². The van der Waals surface area contributed by atoms with Crippen LogP contribution < -0.4 is 0 Å². The molecule has 0 aromatic carbocycles. The van der Waals surface area contributed by atoms with E-state index in [4.69, 9.17) is 18.9 Å². The molecule has 4 N–H and O–H groups in total. The molecule has 390 valence electrons. The number of carbonyl (C=O) groups is 2. The normalized spacial score (nSPS) is 19.6. The molecule has 2 unspecified atom stereocenters. The van der Waals surface area contributed by atoms with Crippen molar-refractivity contribution in [2.75, 3.05) is 19.0 Å². The average Bonchev–Trinajstić information content (AvgIpc) is 3.30. The first-order valence-corrected chi connectivity index (χ1v) is 28.3. The molecule has 1 aliphatic rings. The highest BCUT2D eigenvalue weighted by atomic mass is 32.2. The Morgan fingerprint density at radius 2 is 0.896 bits per heavy atom. The highest BCUT2D eigenvalue weighted by molar-refractivity contribution is 7.85. The molecule has 0 aromatic heterocycles. The highest BCUT2D eigenvalue weighted by Gasteiger charge is 2.46. The molecular weight excluding hydrogens is 873 g/mol. The van der Waals surface area contributed by atoms with Crippen molar-refractivity contribution in [3.8, 4) is 0 Å². The number of aliphatic hydroxyl groups is 3. The number of carbonyl (C=O) groups excluding carboxylic acids is 2. The number of esters is 2. The van der Waals surface area contributed by atoms with E-state index in [0.29, 0.717) is 12.8 Å². The summed E-state index contributed by atoms with van der Waals surface area (Å²) >= 11 is 0. The van der Waals surface area contributed by atoms with Crippen molar-refractivity contribution in [2.24, 2.45) is 0 Å². The van der Waals surface area contributed by atoms with Crippen molar-refractivity contribution in [3.05, 3.63) is 48.6 Å². The molecule has 67 heavy (non-hydrogen) atoms. The number of allylic oxidation sites excluding steroid dienone is 8. The molecule has 0 bridgehead atoms. The molecule has 13 heteroatoms. The number of hydrogen-bond acceptors (Lipinski definition) is 11. The maximum absolute atomic E-state index is 12.9. The van der Waals surface area contributed by atoms with Gasteiger partial charge < -0.3 is 34.3 Å². The fourth-order valence-electron chi connectivity index (χ4n) is 8.01. The van der Waals surface area contributed by atoms with Crippen LogP contribution >= 0.6 is 0 Å². The van der Waals surface area contributed by atoms with Gasteiger partial charge in [0, 0.05) is 12.8 Å². The van der Waals surface area contributed by atoms with Gasteiger partial charge in [0.25, 0.3) is 10.1 Å². The van der Waals surface area contributed by atoms with Gasteiger partial charge in [-0.1, -0.05) is 204 Å². The van der Waals surface area contributed by atoms with Gasteiger partial charge in [-0.2, -0.15) is 8.42 Å². The van der Waals surface area contributed by atoms with Crippen molar-refractivity contribution in [1.29, 1.82) is 0 Å². The van der Waals surface area contributed by atoms with Crippen LogP contribution in [-0.2, 0) is 38.7 Å². The van der Waals surface area contributed by atoms with E-state index in [1.54, 1.807) is 0 Å². The lowest BCUT2D eigenvalue weighted by Crippen LogP contribution is -2.60. The first-order valence-electron chi connectivity index (χ1n) is 26.7. The van der Waals surface area contributed by atoms with Crippen molar-refractivity contribution in [3.63, 3.8) is 0 Å². The summed E-state index contributed by atoms with van der Waals surface area (Å²) in [7, 11) is -4.61. The lowest BCUT2D eigenvalue weighted by Gasteiger charge is -2.40. The fourth-order valence-corrected chi connectivity index (χ4v) is 8.71. The molecule has 1 saturated heterocycles. The Kier molecular flexibility index (Phi) is 40.8. The average molecular weight is 969 g/mol. The van der Waals surface area contributed by atoms with Crippen LogP contribution in [0.2, 0.25) is 0 Å². The van der Waals surface area contributed by atoms with Gasteiger partial charge in [0.2, 0.25) is 0 Å². The van der Waals surface area contributed by atoms with Crippen LogP contribution in [0, 0.1) is 0 Å². The first-order chi connectivity index (χ1) is 32.5.